The van der Waals surface area contributed by atoms with Gasteiger partial charge in [-0.15, -0.1) is 0 Å². The Hall–Kier alpha value is -3.97. The Morgan fingerprint density at radius 1 is 0.775 bits per heavy atom. The van der Waals surface area contributed by atoms with Crippen LogP contribution < -0.4 is 5.32 Å². The Morgan fingerprint density at radius 2 is 1.27 bits per heavy atom. The molecular weight excluding hydrogens is 506 g/mol. The molecule has 3 aromatic carbocycles. The number of carbonyl (C=O) groups excluding carboxylic acids is 2. The molecule has 212 valence electrons. The normalized spacial score (nSPS) is 14.1. The number of carboxylic acids is 1. The fourth-order valence-electron chi connectivity index (χ4n) is 4.74. The number of benzene rings is 3. The monoisotopic (exact) mass is 545 g/mol. The van der Waals surface area contributed by atoms with Crippen molar-refractivity contribution in [1.29, 1.82) is 0 Å². The number of hydrogen-bond donors (Lipinski definition) is 3. The number of aliphatic carboxylic acids is 1. The minimum absolute atomic E-state index is 0.0641. The van der Waals surface area contributed by atoms with E-state index in [1.54, 1.807) is 13.8 Å². The van der Waals surface area contributed by atoms with E-state index in [1.165, 1.54) is 0 Å². The molecule has 0 aromatic heterocycles. The van der Waals surface area contributed by atoms with E-state index in [0.717, 1.165) is 16.7 Å². The average molecular weight is 546 g/mol. The van der Waals surface area contributed by atoms with Crippen molar-refractivity contribution in [2.45, 2.75) is 58.3 Å². The highest BCUT2D eigenvalue weighted by Crippen LogP contribution is 2.25. The van der Waals surface area contributed by atoms with Gasteiger partial charge in [0.1, 0.15) is 12.4 Å². The molecule has 3 rings (SSSR count). The molecule has 0 radical (unpaired) electrons. The van der Waals surface area contributed by atoms with E-state index in [4.69, 9.17) is 4.74 Å². The SMILES string of the molecule is CC(C)C(CC(=O)[C@H](Cc1ccccc1)C[C@H](O)[C@H](Cc1ccccc1)NC(=O)OCc1ccccc1)C(=O)O. The van der Waals surface area contributed by atoms with Crippen molar-refractivity contribution in [1.82, 2.24) is 5.32 Å². The second kappa shape index (κ2) is 15.6. The Labute approximate surface area is 236 Å². The van der Waals surface area contributed by atoms with Gasteiger partial charge in [0, 0.05) is 12.3 Å². The van der Waals surface area contributed by atoms with Crippen LogP contribution in [0.25, 0.3) is 0 Å². The van der Waals surface area contributed by atoms with Crippen LogP contribution in [0.15, 0.2) is 91.0 Å². The lowest BCUT2D eigenvalue weighted by atomic mass is 9.81. The van der Waals surface area contributed by atoms with Crippen LogP contribution in [0.4, 0.5) is 4.79 Å². The number of ether oxygens (including phenoxy) is 1. The molecule has 7 nitrogen and oxygen atoms in total. The van der Waals surface area contributed by atoms with E-state index in [2.05, 4.69) is 5.32 Å². The molecule has 40 heavy (non-hydrogen) atoms. The summed E-state index contributed by atoms with van der Waals surface area (Å²) in [6.07, 6.45) is -1.11. The smallest absolute Gasteiger partial charge is 0.407 e. The van der Waals surface area contributed by atoms with Crippen molar-refractivity contribution in [2.75, 3.05) is 0 Å². The first-order chi connectivity index (χ1) is 19.2. The molecule has 0 aliphatic heterocycles. The maximum absolute atomic E-state index is 13.5. The molecule has 0 aliphatic carbocycles. The summed E-state index contributed by atoms with van der Waals surface area (Å²) in [5, 5.41) is 23.9. The summed E-state index contributed by atoms with van der Waals surface area (Å²) in [6.45, 7) is 3.66. The topological polar surface area (TPSA) is 113 Å². The Morgan fingerprint density at radius 3 is 1.77 bits per heavy atom. The molecule has 7 heteroatoms. The van der Waals surface area contributed by atoms with Gasteiger partial charge in [-0.3, -0.25) is 9.59 Å². The van der Waals surface area contributed by atoms with Crippen molar-refractivity contribution in [3.05, 3.63) is 108 Å². The summed E-state index contributed by atoms with van der Waals surface area (Å²) in [7, 11) is 0. The lowest BCUT2D eigenvalue weighted by molar-refractivity contribution is -0.146. The summed E-state index contributed by atoms with van der Waals surface area (Å²) in [5.41, 5.74) is 2.66. The lowest BCUT2D eigenvalue weighted by Gasteiger charge is -2.28. The predicted molar refractivity (Wildman–Crippen MR) is 154 cm³/mol. The number of carbonyl (C=O) groups is 3. The Kier molecular flexibility index (Phi) is 11.9. The van der Waals surface area contributed by atoms with Crippen LogP contribution in [-0.4, -0.2) is 40.2 Å². The molecule has 0 fully saturated rings. The molecule has 0 saturated heterocycles. The molecule has 1 amide bonds. The minimum atomic E-state index is -1.08. The fraction of sp³-hybridized carbons (Fsp3) is 0.364. The van der Waals surface area contributed by atoms with Crippen LogP contribution >= 0.6 is 0 Å². The first kappa shape index (κ1) is 30.6. The summed E-state index contributed by atoms with van der Waals surface area (Å²) in [6, 6.07) is 27.5. The number of Topliss-reactive ketones (excluding diaryl/α,β-unsaturated/α-hetero) is 1. The molecule has 3 N–H and O–H groups in total. The predicted octanol–water partition coefficient (Wildman–Crippen LogP) is 5.45. The van der Waals surface area contributed by atoms with Crippen molar-refractivity contribution >= 4 is 17.8 Å². The van der Waals surface area contributed by atoms with Gasteiger partial charge < -0.3 is 20.3 Å². The maximum Gasteiger partial charge on any atom is 0.407 e. The van der Waals surface area contributed by atoms with E-state index in [-0.39, 0.29) is 31.1 Å². The van der Waals surface area contributed by atoms with Crippen molar-refractivity contribution in [2.24, 2.45) is 17.8 Å². The van der Waals surface area contributed by atoms with Gasteiger partial charge in [0.25, 0.3) is 0 Å². The number of ketones is 1. The second-order valence-electron chi connectivity index (χ2n) is 10.6. The molecule has 3 aromatic rings. The first-order valence-electron chi connectivity index (χ1n) is 13.7. The highest BCUT2D eigenvalue weighted by atomic mass is 16.5. The minimum Gasteiger partial charge on any atom is -0.481 e. The summed E-state index contributed by atoms with van der Waals surface area (Å²) >= 11 is 0. The van der Waals surface area contributed by atoms with Crippen LogP contribution in [0.5, 0.6) is 0 Å². The van der Waals surface area contributed by atoms with Crippen LogP contribution in [0, 0.1) is 17.8 Å². The number of amides is 1. The zero-order valence-electron chi connectivity index (χ0n) is 23.1. The van der Waals surface area contributed by atoms with Gasteiger partial charge in [-0.25, -0.2) is 4.79 Å². The van der Waals surface area contributed by atoms with Crippen LogP contribution in [0.1, 0.15) is 43.4 Å². The number of aliphatic hydroxyl groups excluding tert-OH is 1. The van der Waals surface area contributed by atoms with Gasteiger partial charge in [0.15, 0.2) is 0 Å². The molecule has 0 saturated carbocycles. The fourth-order valence-corrected chi connectivity index (χ4v) is 4.74. The van der Waals surface area contributed by atoms with Gasteiger partial charge in [-0.05, 0) is 41.9 Å². The quantitative estimate of drug-likeness (QED) is 0.234. The second-order valence-corrected chi connectivity index (χ2v) is 10.6. The third-order valence-electron chi connectivity index (χ3n) is 7.13. The van der Waals surface area contributed by atoms with Gasteiger partial charge in [-0.2, -0.15) is 0 Å². The third-order valence-corrected chi connectivity index (χ3v) is 7.13. The number of nitrogens with one attached hydrogen (secondary N) is 1. The molecule has 1 unspecified atom stereocenters. The molecule has 0 heterocycles. The number of rotatable bonds is 15. The van der Waals surface area contributed by atoms with Crippen molar-refractivity contribution in [3.8, 4) is 0 Å². The van der Waals surface area contributed by atoms with Crippen LogP contribution in [-0.2, 0) is 33.8 Å². The molecule has 0 aliphatic rings. The lowest BCUT2D eigenvalue weighted by Crippen LogP contribution is -2.46. The molecular formula is C33H39NO6. The highest BCUT2D eigenvalue weighted by molar-refractivity contribution is 5.86. The third kappa shape index (κ3) is 9.97. The molecule has 0 bridgehead atoms. The molecule has 4 atom stereocenters. The standard InChI is InChI=1S/C33H39NO6/c1-23(2)28(32(37)38)21-30(35)27(18-24-12-6-3-7-13-24)20-31(36)29(19-25-14-8-4-9-15-25)34-33(39)40-22-26-16-10-5-11-17-26/h3-17,23,27-29,31,36H,18-22H2,1-2H3,(H,34,39)(H,37,38)/t27-,28?,29+,31+/m1/s1. The van der Waals surface area contributed by atoms with E-state index in [1.807, 2.05) is 91.0 Å². The van der Waals surface area contributed by atoms with E-state index >= 15 is 0 Å². The zero-order valence-corrected chi connectivity index (χ0v) is 23.1. The maximum atomic E-state index is 13.5. The van der Waals surface area contributed by atoms with Crippen molar-refractivity contribution < 1.29 is 29.3 Å². The van der Waals surface area contributed by atoms with E-state index < -0.39 is 36.0 Å². The zero-order chi connectivity index (χ0) is 28.9. The summed E-state index contributed by atoms with van der Waals surface area (Å²) in [5.74, 6) is -2.87. The summed E-state index contributed by atoms with van der Waals surface area (Å²) in [4.78, 5) is 38.0. The number of aliphatic hydroxyl groups is 1. The number of hydrogen-bond acceptors (Lipinski definition) is 5. The molecule has 0 spiro atoms. The van der Waals surface area contributed by atoms with Crippen LogP contribution in [0.2, 0.25) is 0 Å². The van der Waals surface area contributed by atoms with Gasteiger partial charge in [-0.1, -0.05) is 105 Å². The number of alkyl carbamates (subject to hydrolysis) is 1. The Bertz CT molecular complexity index is 1200. The van der Waals surface area contributed by atoms with E-state index in [0.29, 0.717) is 12.8 Å². The first-order valence-corrected chi connectivity index (χ1v) is 13.7. The van der Waals surface area contributed by atoms with Gasteiger partial charge in [0.2, 0.25) is 0 Å². The highest BCUT2D eigenvalue weighted by Gasteiger charge is 2.32. The van der Waals surface area contributed by atoms with Gasteiger partial charge in [0.05, 0.1) is 18.1 Å². The van der Waals surface area contributed by atoms with Crippen molar-refractivity contribution in [3.63, 3.8) is 0 Å². The Balaban J connectivity index is 1.78. The largest absolute Gasteiger partial charge is 0.481 e. The summed E-state index contributed by atoms with van der Waals surface area (Å²) < 4.78 is 5.41. The van der Waals surface area contributed by atoms with Crippen LogP contribution in [0.3, 0.4) is 0 Å². The van der Waals surface area contributed by atoms with Gasteiger partial charge >= 0.3 is 12.1 Å². The number of carboxylic acid groups (broad SMARTS) is 1. The average Bonchev–Trinajstić information content (AvgIpc) is 2.95. The van der Waals surface area contributed by atoms with E-state index in [9.17, 15) is 24.6 Å².